The summed E-state index contributed by atoms with van der Waals surface area (Å²) in [5.41, 5.74) is 0.275. The second kappa shape index (κ2) is 3.37. The summed E-state index contributed by atoms with van der Waals surface area (Å²) in [5.74, 6) is 0. The van der Waals surface area contributed by atoms with Crippen LogP contribution in [-0.4, -0.2) is 18.3 Å². The van der Waals surface area contributed by atoms with Crippen LogP contribution in [0.3, 0.4) is 0 Å². The third-order valence-electron chi connectivity index (χ3n) is 3.15. The number of furan rings is 1. The van der Waals surface area contributed by atoms with Crippen molar-refractivity contribution in [2.24, 2.45) is 0 Å². The minimum Gasteiger partial charge on any atom is -0.472 e. The Balaban J connectivity index is 2.27. The molecule has 1 fully saturated rings. The van der Waals surface area contributed by atoms with Gasteiger partial charge in [-0.2, -0.15) is 0 Å². The number of hydrogen-bond acceptors (Lipinski definition) is 3. The molecule has 1 aromatic rings. The van der Waals surface area contributed by atoms with E-state index < -0.39 is 0 Å². The second-order valence-corrected chi connectivity index (χ2v) is 5.62. The summed E-state index contributed by atoms with van der Waals surface area (Å²) >= 11 is 3.40. The molecule has 0 spiro atoms. The highest BCUT2D eigenvalue weighted by Gasteiger charge is 2.52. The zero-order chi connectivity index (χ0) is 11.3. The van der Waals surface area contributed by atoms with E-state index in [1.807, 2.05) is 27.7 Å². The van der Waals surface area contributed by atoms with Gasteiger partial charge in [-0.05, 0) is 43.6 Å². The van der Waals surface area contributed by atoms with Gasteiger partial charge in [-0.15, -0.1) is 0 Å². The van der Waals surface area contributed by atoms with Crippen molar-refractivity contribution >= 4 is 28.5 Å². The van der Waals surface area contributed by atoms with Gasteiger partial charge in [-0.1, -0.05) is 0 Å². The monoisotopic (exact) mass is 272 g/mol. The van der Waals surface area contributed by atoms with Crippen molar-refractivity contribution in [2.45, 2.75) is 38.9 Å². The maximum Gasteiger partial charge on any atom is 0.499 e. The van der Waals surface area contributed by atoms with E-state index in [-0.39, 0.29) is 18.3 Å². The Morgan fingerprint density at radius 3 is 2.00 bits per heavy atom. The molecule has 0 bridgehead atoms. The zero-order valence-electron chi connectivity index (χ0n) is 9.33. The third kappa shape index (κ3) is 1.77. The minimum absolute atomic E-state index is 0.311. The molecule has 0 N–H and O–H groups in total. The molecular formula is C10H14BBrO3. The number of hydrogen-bond donors (Lipinski definition) is 0. The van der Waals surface area contributed by atoms with Gasteiger partial charge in [0.2, 0.25) is 0 Å². The van der Waals surface area contributed by atoms with Gasteiger partial charge in [0.25, 0.3) is 0 Å². The van der Waals surface area contributed by atoms with Crippen molar-refractivity contribution in [1.82, 2.24) is 0 Å². The van der Waals surface area contributed by atoms with Gasteiger partial charge < -0.3 is 13.7 Å². The van der Waals surface area contributed by atoms with E-state index in [0.717, 1.165) is 9.94 Å². The topological polar surface area (TPSA) is 31.6 Å². The van der Waals surface area contributed by atoms with E-state index in [4.69, 9.17) is 13.7 Å². The quantitative estimate of drug-likeness (QED) is 0.736. The molecule has 1 saturated heterocycles. The largest absolute Gasteiger partial charge is 0.499 e. The van der Waals surface area contributed by atoms with Crippen LogP contribution in [-0.2, 0) is 9.31 Å². The predicted molar refractivity (Wildman–Crippen MR) is 62.1 cm³/mol. The van der Waals surface area contributed by atoms with Crippen LogP contribution in [0.2, 0.25) is 0 Å². The Morgan fingerprint density at radius 1 is 1.07 bits per heavy atom. The van der Waals surface area contributed by atoms with Crippen LogP contribution in [0, 0.1) is 0 Å². The van der Waals surface area contributed by atoms with Crippen LogP contribution in [0.15, 0.2) is 21.4 Å². The van der Waals surface area contributed by atoms with Gasteiger partial charge in [0, 0.05) is 5.46 Å². The third-order valence-corrected chi connectivity index (χ3v) is 3.79. The SMILES string of the molecule is CC1(C)OB(c2cocc2Br)OC1(C)C. The molecule has 0 amide bonds. The highest BCUT2D eigenvalue weighted by Crippen LogP contribution is 2.36. The van der Waals surface area contributed by atoms with Crippen LogP contribution in [0.4, 0.5) is 0 Å². The Bertz CT molecular complexity index is 356. The van der Waals surface area contributed by atoms with Gasteiger partial charge >= 0.3 is 7.12 Å². The van der Waals surface area contributed by atoms with E-state index in [2.05, 4.69) is 15.9 Å². The lowest BCUT2D eigenvalue weighted by atomic mass is 9.81. The molecule has 1 aromatic heterocycles. The Kier molecular flexibility index (Phi) is 2.52. The summed E-state index contributed by atoms with van der Waals surface area (Å²) in [6.07, 6.45) is 3.27. The van der Waals surface area contributed by atoms with Gasteiger partial charge in [-0.3, -0.25) is 0 Å². The highest BCUT2D eigenvalue weighted by atomic mass is 79.9. The Labute approximate surface area is 98.4 Å². The summed E-state index contributed by atoms with van der Waals surface area (Å²) in [6.45, 7) is 8.12. The van der Waals surface area contributed by atoms with Crippen molar-refractivity contribution in [1.29, 1.82) is 0 Å². The van der Waals surface area contributed by atoms with Crippen LogP contribution >= 0.6 is 15.9 Å². The summed E-state index contributed by atoms with van der Waals surface area (Å²) < 4.78 is 17.7. The van der Waals surface area contributed by atoms with Crippen molar-refractivity contribution in [2.75, 3.05) is 0 Å². The van der Waals surface area contributed by atoms with Crippen LogP contribution in [0.1, 0.15) is 27.7 Å². The van der Waals surface area contributed by atoms with E-state index in [1.54, 1.807) is 12.5 Å². The van der Waals surface area contributed by atoms with Gasteiger partial charge in [0.05, 0.1) is 21.9 Å². The van der Waals surface area contributed by atoms with E-state index in [0.29, 0.717) is 0 Å². The van der Waals surface area contributed by atoms with E-state index in [9.17, 15) is 0 Å². The van der Waals surface area contributed by atoms with E-state index >= 15 is 0 Å². The zero-order valence-corrected chi connectivity index (χ0v) is 10.9. The molecule has 0 atom stereocenters. The van der Waals surface area contributed by atoms with Gasteiger partial charge in [-0.25, -0.2) is 0 Å². The number of rotatable bonds is 1. The summed E-state index contributed by atoms with van der Waals surface area (Å²) in [5, 5.41) is 0. The predicted octanol–water partition coefficient (Wildman–Crippen LogP) is 2.34. The van der Waals surface area contributed by atoms with Crippen LogP contribution < -0.4 is 5.46 Å². The van der Waals surface area contributed by atoms with Crippen molar-refractivity contribution in [3.63, 3.8) is 0 Å². The minimum atomic E-state index is -0.358. The molecular weight excluding hydrogens is 259 g/mol. The first kappa shape index (κ1) is 11.2. The molecule has 2 heterocycles. The molecule has 5 heteroatoms. The Hall–Kier alpha value is -0.255. The summed E-state index contributed by atoms with van der Waals surface area (Å²) in [7, 11) is -0.358. The highest BCUT2D eigenvalue weighted by molar-refractivity contribution is 9.10. The molecule has 0 radical (unpaired) electrons. The lowest BCUT2D eigenvalue weighted by molar-refractivity contribution is 0.00578. The van der Waals surface area contributed by atoms with Gasteiger partial charge in [0.15, 0.2) is 0 Å². The summed E-state index contributed by atoms with van der Waals surface area (Å²) in [4.78, 5) is 0. The molecule has 15 heavy (non-hydrogen) atoms. The first-order valence-electron chi connectivity index (χ1n) is 4.91. The average Bonchev–Trinajstić information content (AvgIpc) is 2.55. The molecule has 1 aliphatic rings. The molecule has 82 valence electrons. The maximum absolute atomic E-state index is 5.88. The standard InChI is InChI=1S/C10H14BBrO3/c1-9(2)10(3,4)15-11(14-9)7-5-13-6-8(7)12/h5-6H,1-4H3. The molecule has 1 aliphatic heterocycles. The van der Waals surface area contributed by atoms with Crippen LogP contribution in [0.5, 0.6) is 0 Å². The molecule has 0 aromatic carbocycles. The summed E-state index contributed by atoms with van der Waals surface area (Å²) in [6, 6.07) is 0. The first-order valence-corrected chi connectivity index (χ1v) is 5.70. The van der Waals surface area contributed by atoms with Crippen LogP contribution in [0.25, 0.3) is 0 Å². The van der Waals surface area contributed by atoms with E-state index in [1.165, 1.54) is 0 Å². The smallest absolute Gasteiger partial charge is 0.472 e. The van der Waals surface area contributed by atoms with Gasteiger partial charge in [0.1, 0.15) is 6.26 Å². The molecule has 0 aliphatic carbocycles. The normalized spacial score (nSPS) is 23.4. The molecule has 2 rings (SSSR count). The first-order chi connectivity index (χ1) is 6.83. The Morgan fingerprint density at radius 2 is 1.60 bits per heavy atom. The number of halogens is 1. The van der Waals surface area contributed by atoms with Crippen molar-refractivity contribution < 1.29 is 13.7 Å². The second-order valence-electron chi connectivity index (χ2n) is 4.76. The average molecular weight is 273 g/mol. The molecule has 3 nitrogen and oxygen atoms in total. The molecule has 0 saturated carbocycles. The fourth-order valence-electron chi connectivity index (χ4n) is 1.43. The fraction of sp³-hybridized carbons (Fsp3) is 0.600. The fourth-order valence-corrected chi connectivity index (χ4v) is 1.82. The van der Waals surface area contributed by atoms with Crippen molar-refractivity contribution in [3.05, 3.63) is 17.0 Å². The molecule has 0 unspecified atom stereocenters. The van der Waals surface area contributed by atoms with Crippen molar-refractivity contribution in [3.8, 4) is 0 Å². The lowest BCUT2D eigenvalue weighted by Gasteiger charge is -2.32. The maximum atomic E-state index is 5.88. The lowest BCUT2D eigenvalue weighted by Crippen LogP contribution is -2.41.